The van der Waals surface area contributed by atoms with E-state index in [-0.39, 0.29) is 22.9 Å². The number of nitrogens with zero attached hydrogens (tertiary/aromatic N) is 1. The molecular formula is C28H23NO7. The van der Waals surface area contributed by atoms with Crippen molar-refractivity contribution >= 4 is 28.7 Å². The van der Waals surface area contributed by atoms with Crippen LogP contribution in [0.25, 0.3) is 17.0 Å². The summed E-state index contributed by atoms with van der Waals surface area (Å²) in [5, 5.41) is 0.931. The molecule has 8 heteroatoms. The van der Waals surface area contributed by atoms with E-state index in [0.717, 1.165) is 22.2 Å². The summed E-state index contributed by atoms with van der Waals surface area (Å²) in [4.78, 5) is 25.7. The molecule has 8 nitrogen and oxygen atoms in total. The van der Waals surface area contributed by atoms with Gasteiger partial charge >= 0.3 is 5.97 Å². The van der Waals surface area contributed by atoms with Gasteiger partial charge in [0.2, 0.25) is 5.78 Å². The van der Waals surface area contributed by atoms with Gasteiger partial charge in [-0.05, 0) is 48.5 Å². The minimum absolute atomic E-state index is 0.182. The lowest BCUT2D eigenvalue weighted by Gasteiger charge is -2.09. The van der Waals surface area contributed by atoms with E-state index in [9.17, 15) is 9.59 Å². The Bertz CT molecular complexity index is 1530. The highest BCUT2D eigenvalue weighted by Crippen LogP contribution is 2.36. The van der Waals surface area contributed by atoms with Gasteiger partial charge in [0.1, 0.15) is 28.7 Å². The number of hydrogen-bond donors (Lipinski definition) is 0. The first kappa shape index (κ1) is 23.0. The molecule has 1 aliphatic rings. The number of fused-ring (bicyclic) bond motifs is 2. The first-order valence-corrected chi connectivity index (χ1v) is 11.1. The van der Waals surface area contributed by atoms with E-state index in [1.165, 1.54) is 20.3 Å². The van der Waals surface area contributed by atoms with E-state index in [1.54, 1.807) is 43.5 Å². The van der Waals surface area contributed by atoms with Crippen molar-refractivity contribution in [3.05, 3.63) is 83.2 Å². The van der Waals surface area contributed by atoms with Crippen LogP contribution in [-0.2, 0) is 7.05 Å². The summed E-state index contributed by atoms with van der Waals surface area (Å²) in [6.45, 7) is 0. The molecule has 0 N–H and O–H groups in total. The van der Waals surface area contributed by atoms with E-state index in [4.69, 9.17) is 23.7 Å². The van der Waals surface area contributed by atoms with Crippen LogP contribution in [0.1, 0.15) is 26.3 Å². The maximum absolute atomic E-state index is 13.0. The summed E-state index contributed by atoms with van der Waals surface area (Å²) in [5.41, 5.74) is 2.47. The number of allylic oxidation sites excluding steroid dienone is 1. The molecule has 0 saturated heterocycles. The Labute approximate surface area is 207 Å². The average molecular weight is 485 g/mol. The minimum atomic E-state index is -0.600. The van der Waals surface area contributed by atoms with Gasteiger partial charge in [-0.3, -0.25) is 4.79 Å². The molecule has 0 atom stereocenters. The number of ketones is 1. The van der Waals surface area contributed by atoms with Gasteiger partial charge in [-0.1, -0.05) is 0 Å². The molecule has 5 rings (SSSR count). The maximum atomic E-state index is 13.0. The lowest BCUT2D eigenvalue weighted by Crippen LogP contribution is -2.09. The predicted octanol–water partition coefficient (Wildman–Crippen LogP) is 5.04. The van der Waals surface area contributed by atoms with Crippen molar-refractivity contribution in [2.75, 3.05) is 21.3 Å². The van der Waals surface area contributed by atoms with E-state index >= 15 is 0 Å². The molecule has 4 aromatic rings. The van der Waals surface area contributed by atoms with Crippen LogP contribution in [0, 0.1) is 0 Å². The summed E-state index contributed by atoms with van der Waals surface area (Å²) < 4.78 is 29.1. The topological polar surface area (TPSA) is 85.2 Å². The van der Waals surface area contributed by atoms with Gasteiger partial charge in [0.15, 0.2) is 5.76 Å². The van der Waals surface area contributed by atoms with Gasteiger partial charge in [-0.2, -0.15) is 0 Å². The van der Waals surface area contributed by atoms with E-state index in [0.29, 0.717) is 22.8 Å². The Morgan fingerprint density at radius 3 is 2.25 bits per heavy atom. The Kier molecular flexibility index (Phi) is 5.85. The third-order valence-electron chi connectivity index (χ3n) is 5.95. The van der Waals surface area contributed by atoms with Crippen LogP contribution < -0.4 is 23.7 Å². The number of Topliss-reactive ketones (excluding diaryl/α,β-unsaturated/α-hetero) is 1. The second-order valence-electron chi connectivity index (χ2n) is 8.17. The normalized spacial score (nSPS) is 13.4. The molecule has 0 bridgehead atoms. The number of carbonyl (C=O) groups is 2. The Hall–Kier alpha value is -4.72. The van der Waals surface area contributed by atoms with Crippen molar-refractivity contribution < 1.29 is 33.3 Å². The molecule has 0 saturated carbocycles. The largest absolute Gasteiger partial charge is 0.497 e. The molecule has 0 amide bonds. The van der Waals surface area contributed by atoms with Gasteiger partial charge in [-0.25, -0.2) is 4.79 Å². The van der Waals surface area contributed by atoms with E-state index in [1.807, 2.05) is 36.0 Å². The number of ether oxygens (including phenoxy) is 5. The fourth-order valence-electron chi connectivity index (χ4n) is 4.11. The predicted molar refractivity (Wildman–Crippen MR) is 133 cm³/mol. The van der Waals surface area contributed by atoms with E-state index in [2.05, 4.69) is 0 Å². The molecule has 182 valence electrons. The Balaban J connectivity index is 1.41. The summed E-state index contributed by atoms with van der Waals surface area (Å²) in [7, 11) is 6.54. The molecule has 0 radical (unpaired) electrons. The fourth-order valence-corrected chi connectivity index (χ4v) is 4.11. The summed E-state index contributed by atoms with van der Waals surface area (Å²) in [6, 6.07) is 15.2. The summed E-state index contributed by atoms with van der Waals surface area (Å²) in [6.07, 6.45) is 3.63. The molecule has 0 spiro atoms. The van der Waals surface area contributed by atoms with Crippen LogP contribution >= 0.6 is 0 Å². The molecule has 2 heterocycles. The number of hydrogen-bond acceptors (Lipinski definition) is 7. The third-order valence-corrected chi connectivity index (χ3v) is 5.95. The van der Waals surface area contributed by atoms with Crippen molar-refractivity contribution in [2.45, 2.75) is 0 Å². The highest BCUT2D eigenvalue weighted by molar-refractivity contribution is 6.15. The molecule has 1 aliphatic heterocycles. The monoisotopic (exact) mass is 485 g/mol. The smallest absolute Gasteiger partial charge is 0.343 e. The number of aryl methyl sites for hydroxylation is 1. The molecule has 0 unspecified atom stereocenters. The van der Waals surface area contributed by atoms with Gasteiger partial charge in [0.25, 0.3) is 0 Å². The van der Waals surface area contributed by atoms with Crippen molar-refractivity contribution in [3.63, 3.8) is 0 Å². The zero-order chi connectivity index (χ0) is 25.4. The zero-order valence-electron chi connectivity index (χ0n) is 20.2. The number of esters is 1. The van der Waals surface area contributed by atoms with Crippen molar-refractivity contribution in [1.82, 2.24) is 4.57 Å². The van der Waals surface area contributed by atoms with Gasteiger partial charge in [0.05, 0.1) is 32.5 Å². The summed E-state index contributed by atoms with van der Waals surface area (Å²) >= 11 is 0. The standard InChI is InChI=1S/C28H23NO7/c1-29-15-17(23-13-18(32-2)6-8-24(23)29)11-26-27(30)22-7-5-19(14-25(22)36-26)35-28(31)16-9-20(33-3)12-21(10-16)34-4/h5-15H,1-4H3/b26-11+. The van der Waals surface area contributed by atoms with Crippen LogP contribution in [-0.4, -0.2) is 37.6 Å². The first-order chi connectivity index (χ1) is 17.4. The van der Waals surface area contributed by atoms with Crippen LogP contribution in [0.5, 0.6) is 28.7 Å². The number of benzene rings is 3. The van der Waals surface area contributed by atoms with Gasteiger partial charge < -0.3 is 28.3 Å². The average Bonchev–Trinajstić information content (AvgIpc) is 3.38. The molecule has 3 aromatic carbocycles. The second kappa shape index (κ2) is 9.14. The molecular weight excluding hydrogens is 462 g/mol. The number of aromatic nitrogens is 1. The molecule has 0 aliphatic carbocycles. The zero-order valence-corrected chi connectivity index (χ0v) is 20.2. The van der Waals surface area contributed by atoms with Crippen molar-refractivity contribution in [3.8, 4) is 28.7 Å². The van der Waals surface area contributed by atoms with Gasteiger partial charge in [0, 0.05) is 41.8 Å². The fraction of sp³-hybridized carbons (Fsp3) is 0.143. The van der Waals surface area contributed by atoms with Crippen LogP contribution in [0.15, 0.2) is 66.6 Å². The lowest BCUT2D eigenvalue weighted by atomic mass is 10.1. The van der Waals surface area contributed by atoms with Crippen LogP contribution in [0.2, 0.25) is 0 Å². The second-order valence-corrected chi connectivity index (χ2v) is 8.17. The number of rotatable bonds is 6. The van der Waals surface area contributed by atoms with Crippen LogP contribution in [0.3, 0.4) is 0 Å². The van der Waals surface area contributed by atoms with Crippen molar-refractivity contribution in [1.29, 1.82) is 0 Å². The van der Waals surface area contributed by atoms with Crippen LogP contribution in [0.4, 0.5) is 0 Å². The number of methoxy groups -OCH3 is 3. The summed E-state index contributed by atoms with van der Waals surface area (Å²) in [5.74, 6) is 1.53. The highest BCUT2D eigenvalue weighted by Gasteiger charge is 2.28. The minimum Gasteiger partial charge on any atom is -0.497 e. The quantitative estimate of drug-likeness (QED) is 0.215. The first-order valence-electron chi connectivity index (χ1n) is 11.1. The molecule has 36 heavy (non-hydrogen) atoms. The third kappa shape index (κ3) is 4.13. The van der Waals surface area contributed by atoms with Crippen molar-refractivity contribution in [2.24, 2.45) is 7.05 Å². The van der Waals surface area contributed by atoms with E-state index < -0.39 is 5.97 Å². The maximum Gasteiger partial charge on any atom is 0.343 e. The Morgan fingerprint density at radius 1 is 0.861 bits per heavy atom. The number of carbonyl (C=O) groups excluding carboxylic acids is 2. The highest BCUT2D eigenvalue weighted by atomic mass is 16.5. The lowest BCUT2D eigenvalue weighted by molar-refractivity contribution is 0.0733. The Morgan fingerprint density at radius 2 is 1.56 bits per heavy atom. The molecule has 0 fully saturated rings. The van der Waals surface area contributed by atoms with Gasteiger partial charge in [-0.15, -0.1) is 0 Å². The molecule has 1 aromatic heterocycles. The SMILES string of the molecule is COc1cc(OC)cc(C(=O)Oc2ccc3c(c2)O/C(=C/c2cn(C)c4ccc(OC)cc24)C3=O)c1.